The number of anilines is 1. The Labute approximate surface area is 186 Å². The average Bonchev–Trinajstić information content (AvgIpc) is 3.18. The number of ether oxygens (including phenoxy) is 1. The smallest absolute Gasteiger partial charge is 0.318 e. The van der Waals surface area contributed by atoms with Crippen molar-refractivity contribution in [2.75, 3.05) is 38.2 Å². The van der Waals surface area contributed by atoms with Crippen LogP contribution < -0.4 is 15.0 Å². The van der Waals surface area contributed by atoms with E-state index >= 15 is 0 Å². The zero-order valence-electron chi connectivity index (χ0n) is 18.7. The molecule has 0 atom stereocenters. The molecule has 0 unspecified atom stereocenters. The third-order valence-corrected chi connectivity index (χ3v) is 7.21. The van der Waals surface area contributed by atoms with Gasteiger partial charge in [-0.25, -0.2) is 4.98 Å². The molecule has 4 aromatic rings. The van der Waals surface area contributed by atoms with Gasteiger partial charge in [0, 0.05) is 37.1 Å². The molecule has 160 valence electrons. The molecule has 5 rings (SSSR count). The van der Waals surface area contributed by atoms with E-state index in [9.17, 15) is 0 Å². The number of methoxy groups -OCH3 is 1. The number of thiazole rings is 1. The summed E-state index contributed by atoms with van der Waals surface area (Å²) in [5, 5.41) is 5.59. The molecule has 31 heavy (non-hydrogen) atoms. The Bertz CT molecular complexity index is 1310. The van der Waals surface area contributed by atoms with Gasteiger partial charge in [-0.05, 0) is 56.0 Å². The molecule has 1 N–H and O–H groups in total. The maximum atomic E-state index is 5.50. The SMILES string of the molecule is COc1nc(N2CCNCC2)c2cc(C)c(-c3ccc(C)c4sc(C)nc34)c(C)c2n1. The summed E-state index contributed by atoms with van der Waals surface area (Å²) < 4.78 is 6.76. The molecule has 0 bridgehead atoms. The number of piperazine rings is 1. The highest BCUT2D eigenvalue weighted by Crippen LogP contribution is 2.40. The van der Waals surface area contributed by atoms with E-state index in [1.165, 1.54) is 27.0 Å². The molecule has 3 heterocycles. The van der Waals surface area contributed by atoms with E-state index in [2.05, 4.69) is 56.1 Å². The van der Waals surface area contributed by atoms with Gasteiger partial charge in [-0.2, -0.15) is 9.97 Å². The first-order valence-corrected chi connectivity index (χ1v) is 11.5. The van der Waals surface area contributed by atoms with Crippen LogP contribution in [0, 0.1) is 27.7 Å². The fourth-order valence-electron chi connectivity index (χ4n) is 4.62. The molecule has 1 fully saturated rings. The number of aryl methyl sites for hydroxylation is 4. The van der Waals surface area contributed by atoms with E-state index in [1.807, 2.05) is 0 Å². The van der Waals surface area contributed by atoms with Gasteiger partial charge in [0.05, 0.1) is 27.9 Å². The van der Waals surface area contributed by atoms with Crippen LogP contribution in [-0.4, -0.2) is 48.2 Å². The Morgan fingerprint density at radius 2 is 1.74 bits per heavy atom. The maximum absolute atomic E-state index is 5.50. The van der Waals surface area contributed by atoms with Crippen molar-refractivity contribution in [2.45, 2.75) is 27.7 Å². The lowest BCUT2D eigenvalue weighted by Gasteiger charge is -2.29. The Hall–Kier alpha value is -2.77. The van der Waals surface area contributed by atoms with Crippen LogP contribution in [0.25, 0.3) is 32.2 Å². The zero-order chi connectivity index (χ0) is 21.7. The second-order valence-corrected chi connectivity index (χ2v) is 9.40. The van der Waals surface area contributed by atoms with Gasteiger partial charge in [0.2, 0.25) is 0 Å². The summed E-state index contributed by atoms with van der Waals surface area (Å²) in [5.74, 6) is 0.958. The van der Waals surface area contributed by atoms with Crippen LogP contribution >= 0.6 is 11.3 Å². The van der Waals surface area contributed by atoms with Crippen molar-refractivity contribution >= 4 is 38.3 Å². The van der Waals surface area contributed by atoms with Gasteiger partial charge in [0.1, 0.15) is 5.82 Å². The van der Waals surface area contributed by atoms with Gasteiger partial charge in [0.25, 0.3) is 0 Å². The number of hydrogen-bond donors (Lipinski definition) is 1. The average molecular weight is 434 g/mol. The minimum atomic E-state index is 0.414. The van der Waals surface area contributed by atoms with Crippen molar-refractivity contribution in [3.05, 3.63) is 39.9 Å². The lowest BCUT2D eigenvalue weighted by atomic mass is 9.92. The maximum Gasteiger partial charge on any atom is 0.318 e. The van der Waals surface area contributed by atoms with E-state index in [0.717, 1.165) is 59.0 Å². The molecule has 1 aliphatic heterocycles. The third kappa shape index (κ3) is 3.32. The summed E-state index contributed by atoms with van der Waals surface area (Å²) in [4.78, 5) is 16.7. The highest BCUT2D eigenvalue weighted by Gasteiger charge is 2.22. The standard InChI is InChI=1S/C24H27N5OS/c1-13-6-7-17(21-22(13)31-16(4)26-21)19-14(2)12-18-20(15(19)3)27-24(30-5)28-23(18)29-10-8-25-9-11-29/h6-7,12,25H,8-11H2,1-5H3. The first-order valence-electron chi connectivity index (χ1n) is 10.7. The molecule has 2 aromatic heterocycles. The van der Waals surface area contributed by atoms with Gasteiger partial charge in [-0.1, -0.05) is 12.1 Å². The van der Waals surface area contributed by atoms with Crippen LogP contribution in [0.1, 0.15) is 21.7 Å². The summed E-state index contributed by atoms with van der Waals surface area (Å²) in [6, 6.07) is 7.05. The first kappa shape index (κ1) is 20.2. The van der Waals surface area contributed by atoms with Gasteiger partial charge >= 0.3 is 6.01 Å². The third-order valence-electron chi connectivity index (χ3n) is 6.11. The number of nitrogens with zero attached hydrogens (tertiary/aromatic N) is 4. The number of hydrogen-bond acceptors (Lipinski definition) is 7. The van der Waals surface area contributed by atoms with Crippen LogP contribution in [0.2, 0.25) is 0 Å². The van der Waals surface area contributed by atoms with E-state index in [-0.39, 0.29) is 0 Å². The molecule has 0 aliphatic carbocycles. The predicted octanol–water partition coefficient (Wildman–Crippen LogP) is 4.56. The molecule has 0 spiro atoms. The minimum Gasteiger partial charge on any atom is -0.467 e. The van der Waals surface area contributed by atoms with Crippen molar-refractivity contribution in [1.82, 2.24) is 20.3 Å². The van der Waals surface area contributed by atoms with Crippen LogP contribution in [-0.2, 0) is 0 Å². The zero-order valence-corrected chi connectivity index (χ0v) is 19.5. The van der Waals surface area contributed by atoms with Crippen LogP contribution in [0.5, 0.6) is 6.01 Å². The van der Waals surface area contributed by atoms with Crippen molar-refractivity contribution in [3.63, 3.8) is 0 Å². The summed E-state index contributed by atoms with van der Waals surface area (Å²) in [5.41, 5.74) is 8.02. The van der Waals surface area contributed by atoms with Gasteiger partial charge in [-0.3, -0.25) is 0 Å². The number of aromatic nitrogens is 3. The normalized spacial score (nSPS) is 14.5. The second-order valence-electron chi connectivity index (χ2n) is 8.20. The van der Waals surface area contributed by atoms with Crippen LogP contribution in [0.15, 0.2) is 18.2 Å². The van der Waals surface area contributed by atoms with E-state index < -0.39 is 0 Å². The monoisotopic (exact) mass is 433 g/mol. The lowest BCUT2D eigenvalue weighted by Crippen LogP contribution is -2.44. The molecule has 0 amide bonds. The largest absolute Gasteiger partial charge is 0.467 e. The Kier molecular flexibility index (Phi) is 5.02. The van der Waals surface area contributed by atoms with Gasteiger partial charge < -0.3 is 15.0 Å². The van der Waals surface area contributed by atoms with Crippen LogP contribution in [0.4, 0.5) is 5.82 Å². The number of rotatable bonds is 3. The number of fused-ring (bicyclic) bond motifs is 2. The number of benzene rings is 2. The fraction of sp³-hybridized carbons (Fsp3) is 0.375. The summed E-state index contributed by atoms with van der Waals surface area (Å²) in [6.45, 7) is 12.3. The predicted molar refractivity (Wildman–Crippen MR) is 129 cm³/mol. The topological polar surface area (TPSA) is 63.2 Å². The van der Waals surface area contributed by atoms with Gasteiger partial charge in [-0.15, -0.1) is 11.3 Å². The molecule has 7 heteroatoms. The summed E-state index contributed by atoms with van der Waals surface area (Å²) in [6.07, 6.45) is 0. The highest BCUT2D eigenvalue weighted by atomic mass is 32.1. The van der Waals surface area contributed by atoms with Crippen molar-refractivity contribution in [1.29, 1.82) is 0 Å². The minimum absolute atomic E-state index is 0.414. The molecule has 2 aromatic carbocycles. The van der Waals surface area contributed by atoms with E-state index in [0.29, 0.717) is 6.01 Å². The Morgan fingerprint density at radius 3 is 2.48 bits per heavy atom. The summed E-state index contributed by atoms with van der Waals surface area (Å²) in [7, 11) is 1.63. The highest BCUT2D eigenvalue weighted by molar-refractivity contribution is 7.18. The fourth-order valence-corrected chi connectivity index (χ4v) is 5.54. The second kappa shape index (κ2) is 7.73. The molecule has 0 radical (unpaired) electrons. The molecule has 1 aliphatic rings. The molecule has 0 saturated carbocycles. The van der Waals surface area contributed by atoms with E-state index in [4.69, 9.17) is 19.7 Å². The van der Waals surface area contributed by atoms with Crippen molar-refractivity contribution in [2.24, 2.45) is 0 Å². The summed E-state index contributed by atoms with van der Waals surface area (Å²) >= 11 is 1.76. The van der Waals surface area contributed by atoms with Crippen molar-refractivity contribution < 1.29 is 4.74 Å². The number of nitrogens with one attached hydrogen (secondary N) is 1. The van der Waals surface area contributed by atoms with E-state index in [1.54, 1.807) is 18.4 Å². The van der Waals surface area contributed by atoms with Crippen LogP contribution in [0.3, 0.4) is 0 Å². The van der Waals surface area contributed by atoms with Gasteiger partial charge in [0.15, 0.2) is 0 Å². The Morgan fingerprint density at radius 1 is 0.968 bits per heavy atom. The Balaban J connectivity index is 1.79. The molecule has 1 saturated heterocycles. The van der Waals surface area contributed by atoms with Crippen molar-refractivity contribution in [3.8, 4) is 17.1 Å². The first-order chi connectivity index (χ1) is 15.0. The molecular weight excluding hydrogens is 406 g/mol. The molecule has 6 nitrogen and oxygen atoms in total. The quantitative estimate of drug-likeness (QED) is 0.511. The molecular formula is C24H27N5OS. The lowest BCUT2D eigenvalue weighted by molar-refractivity contribution is 0.381.